The summed E-state index contributed by atoms with van der Waals surface area (Å²) in [4.78, 5) is 41.0. The number of allylic oxidation sites excluding steroid dienone is 1. The number of unbranched alkanes of at least 4 members (excludes halogenated alkanes) is 3. The number of nitrogens with one attached hydrogen (secondary N) is 1. The smallest absolute Gasteiger partial charge is 0.410 e. The van der Waals surface area contributed by atoms with Crippen LogP contribution in [0.25, 0.3) is 6.08 Å². The van der Waals surface area contributed by atoms with Gasteiger partial charge in [0.25, 0.3) is 0 Å². The van der Waals surface area contributed by atoms with Crippen LogP contribution >= 0.6 is 0 Å². The summed E-state index contributed by atoms with van der Waals surface area (Å²) in [5.74, 6) is -0.704. The molecule has 1 aromatic rings. The molecule has 34 heavy (non-hydrogen) atoms. The van der Waals surface area contributed by atoms with Gasteiger partial charge in [-0.05, 0) is 42.5 Å². The minimum Gasteiger partial charge on any atom is -0.467 e. The van der Waals surface area contributed by atoms with E-state index >= 15 is 0 Å². The van der Waals surface area contributed by atoms with Crippen LogP contribution in [0.15, 0.2) is 37.4 Å². The first-order valence-electron chi connectivity index (χ1n) is 11.9. The molecular formula is C26H35N3O5. The van der Waals surface area contributed by atoms with Crippen molar-refractivity contribution in [1.29, 1.82) is 0 Å². The zero-order valence-electron chi connectivity index (χ0n) is 20.0. The highest BCUT2D eigenvalue weighted by atomic mass is 16.6. The number of carbonyl (C=O) groups excluding carboxylic acids is 3. The van der Waals surface area contributed by atoms with E-state index in [9.17, 15) is 14.4 Å². The van der Waals surface area contributed by atoms with E-state index in [0.29, 0.717) is 13.1 Å². The third-order valence-corrected chi connectivity index (χ3v) is 6.36. The highest BCUT2D eigenvalue weighted by Gasteiger charge is 2.42. The van der Waals surface area contributed by atoms with Gasteiger partial charge in [-0.25, -0.2) is 9.59 Å². The van der Waals surface area contributed by atoms with Gasteiger partial charge < -0.3 is 19.7 Å². The SMILES string of the molecule is C=CCCCCCNCC(=O)N1C[C@H](OC(=O)N2Cc3cccc(C=C)c3C2)C[C@H]1C(=O)OC. The number of hydrogen-bond donors (Lipinski definition) is 1. The molecule has 0 radical (unpaired) electrons. The van der Waals surface area contributed by atoms with Crippen molar-refractivity contribution in [3.63, 3.8) is 0 Å². The molecule has 0 saturated carbocycles. The third kappa shape index (κ3) is 6.26. The van der Waals surface area contributed by atoms with Crippen LogP contribution in [0.2, 0.25) is 0 Å². The van der Waals surface area contributed by atoms with Crippen LogP contribution in [-0.4, -0.2) is 66.7 Å². The Morgan fingerprint density at radius 2 is 2.00 bits per heavy atom. The summed E-state index contributed by atoms with van der Waals surface area (Å²) in [6.45, 7) is 9.48. The van der Waals surface area contributed by atoms with Crippen LogP contribution in [0.5, 0.6) is 0 Å². The Morgan fingerprint density at radius 3 is 2.74 bits per heavy atom. The van der Waals surface area contributed by atoms with Gasteiger partial charge in [0.2, 0.25) is 5.91 Å². The van der Waals surface area contributed by atoms with Gasteiger partial charge in [0.1, 0.15) is 12.1 Å². The number of rotatable bonds is 11. The molecule has 8 heteroatoms. The Hall–Kier alpha value is -3.13. The van der Waals surface area contributed by atoms with Crippen LogP contribution in [0, 0.1) is 0 Å². The minimum absolute atomic E-state index is 0.126. The number of methoxy groups -OCH3 is 1. The highest BCUT2D eigenvalue weighted by Crippen LogP contribution is 2.29. The van der Waals surface area contributed by atoms with E-state index in [2.05, 4.69) is 18.5 Å². The normalized spacial score (nSPS) is 19.0. The largest absolute Gasteiger partial charge is 0.467 e. The lowest BCUT2D eigenvalue weighted by Gasteiger charge is -2.22. The second-order valence-electron chi connectivity index (χ2n) is 8.69. The topological polar surface area (TPSA) is 88.2 Å². The van der Waals surface area contributed by atoms with E-state index in [1.54, 1.807) is 11.0 Å². The maximum atomic E-state index is 12.9. The van der Waals surface area contributed by atoms with Gasteiger partial charge in [0.15, 0.2) is 0 Å². The van der Waals surface area contributed by atoms with Gasteiger partial charge in [-0.15, -0.1) is 6.58 Å². The Bertz CT molecular complexity index is 916. The van der Waals surface area contributed by atoms with Gasteiger partial charge in [0.05, 0.1) is 26.7 Å². The summed E-state index contributed by atoms with van der Waals surface area (Å²) in [7, 11) is 1.30. The molecule has 2 aliphatic heterocycles. The van der Waals surface area contributed by atoms with Crippen molar-refractivity contribution in [2.45, 2.75) is 57.3 Å². The molecule has 0 spiro atoms. The van der Waals surface area contributed by atoms with Crippen LogP contribution in [-0.2, 0) is 32.2 Å². The average Bonchev–Trinajstić information content (AvgIpc) is 3.47. The Balaban J connectivity index is 1.52. The molecule has 0 aromatic heterocycles. The fourth-order valence-corrected chi connectivity index (χ4v) is 4.52. The number of hydrogen-bond acceptors (Lipinski definition) is 6. The Labute approximate surface area is 201 Å². The number of likely N-dealkylation sites (tertiary alicyclic amines) is 1. The lowest BCUT2D eigenvalue weighted by molar-refractivity contribution is -0.150. The standard InChI is InChI=1S/C26H35N3O5/c1-4-6-7-8-9-13-27-15-24(30)29-17-21(14-23(29)25(31)33-3)34-26(32)28-16-20-12-10-11-19(5-2)22(20)18-28/h4-5,10-12,21,23,27H,1-2,6-9,13-18H2,3H3/t21-,23+/m1/s1. The first kappa shape index (κ1) is 25.5. The molecule has 0 unspecified atom stereocenters. The molecule has 3 rings (SSSR count). The molecule has 8 nitrogen and oxygen atoms in total. The number of carbonyl (C=O) groups is 3. The molecular weight excluding hydrogens is 434 g/mol. The fraction of sp³-hybridized carbons (Fsp3) is 0.500. The first-order valence-corrected chi connectivity index (χ1v) is 11.9. The van der Waals surface area contributed by atoms with Crippen LogP contribution < -0.4 is 5.32 Å². The van der Waals surface area contributed by atoms with E-state index in [4.69, 9.17) is 9.47 Å². The van der Waals surface area contributed by atoms with Crippen molar-refractivity contribution in [2.24, 2.45) is 0 Å². The summed E-state index contributed by atoms with van der Waals surface area (Å²) < 4.78 is 10.6. The molecule has 2 atom stereocenters. The number of nitrogens with zero attached hydrogens (tertiary/aromatic N) is 2. The zero-order valence-corrected chi connectivity index (χ0v) is 20.0. The first-order chi connectivity index (χ1) is 16.5. The van der Waals surface area contributed by atoms with Crippen molar-refractivity contribution in [2.75, 3.05) is 26.7 Å². The molecule has 2 aliphatic rings. The lowest BCUT2D eigenvalue weighted by Crippen LogP contribution is -2.45. The predicted octanol–water partition coefficient (Wildman–Crippen LogP) is 3.26. The number of amides is 2. The van der Waals surface area contributed by atoms with Gasteiger partial charge >= 0.3 is 12.1 Å². The predicted molar refractivity (Wildman–Crippen MR) is 130 cm³/mol. The molecule has 1 aromatic carbocycles. The average molecular weight is 470 g/mol. The number of ether oxygens (including phenoxy) is 2. The third-order valence-electron chi connectivity index (χ3n) is 6.36. The van der Waals surface area contributed by atoms with Crippen molar-refractivity contribution in [3.05, 3.63) is 54.1 Å². The summed E-state index contributed by atoms with van der Waals surface area (Å²) in [6, 6.07) is 5.15. The van der Waals surface area contributed by atoms with E-state index < -0.39 is 24.2 Å². The molecule has 0 bridgehead atoms. The summed E-state index contributed by atoms with van der Waals surface area (Å²) in [6.07, 6.45) is 7.00. The highest BCUT2D eigenvalue weighted by molar-refractivity contribution is 5.86. The van der Waals surface area contributed by atoms with Crippen molar-refractivity contribution >= 4 is 24.0 Å². The molecule has 184 valence electrons. The Morgan fingerprint density at radius 1 is 1.18 bits per heavy atom. The van der Waals surface area contributed by atoms with E-state index in [1.807, 2.05) is 24.3 Å². The van der Waals surface area contributed by atoms with Crippen molar-refractivity contribution < 1.29 is 23.9 Å². The van der Waals surface area contributed by atoms with E-state index in [-0.39, 0.29) is 25.4 Å². The van der Waals surface area contributed by atoms with Crippen LogP contribution in [0.3, 0.4) is 0 Å². The van der Waals surface area contributed by atoms with Gasteiger partial charge in [-0.3, -0.25) is 9.69 Å². The summed E-state index contributed by atoms with van der Waals surface area (Å²) >= 11 is 0. The van der Waals surface area contributed by atoms with Crippen molar-refractivity contribution in [1.82, 2.24) is 15.1 Å². The van der Waals surface area contributed by atoms with Gasteiger partial charge in [-0.2, -0.15) is 0 Å². The maximum Gasteiger partial charge on any atom is 0.410 e. The second kappa shape index (κ2) is 12.4. The summed E-state index contributed by atoms with van der Waals surface area (Å²) in [5, 5.41) is 3.14. The van der Waals surface area contributed by atoms with E-state index in [1.165, 1.54) is 12.0 Å². The number of benzene rings is 1. The number of fused-ring (bicyclic) bond motifs is 1. The molecule has 1 fully saturated rings. The lowest BCUT2D eigenvalue weighted by atomic mass is 10.0. The molecule has 0 aliphatic carbocycles. The van der Waals surface area contributed by atoms with E-state index in [0.717, 1.165) is 48.9 Å². The van der Waals surface area contributed by atoms with Crippen LogP contribution in [0.4, 0.5) is 4.79 Å². The second-order valence-corrected chi connectivity index (χ2v) is 8.69. The zero-order chi connectivity index (χ0) is 24.5. The quantitative estimate of drug-likeness (QED) is 0.304. The maximum absolute atomic E-state index is 12.9. The van der Waals surface area contributed by atoms with Crippen molar-refractivity contribution in [3.8, 4) is 0 Å². The molecule has 1 saturated heterocycles. The fourth-order valence-electron chi connectivity index (χ4n) is 4.52. The van der Waals surface area contributed by atoms with Gasteiger partial charge in [-0.1, -0.05) is 43.4 Å². The van der Waals surface area contributed by atoms with Crippen LogP contribution in [0.1, 0.15) is 48.8 Å². The van der Waals surface area contributed by atoms with Gasteiger partial charge in [0, 0.05) is 13.0 Å². The molecule has 1 N–H and O–H groups in total. The molecule has 2 amide bonds. The molecule has 2 heterocycles. The monoisotopic (exact) mass is 469 g/mol. The summed E-state index contributed by atoms with van der Waals surface area (Å²) in [5.41, 5.74) is 3.14. The number of esters is 1. The minimum atomic E-state index is -0.757. The Kier molecular flexibility index (Phi) is 9.27.